The number of hydrogen-bond donors (Lipinski definition) is 1. The largest absolute Gasteiger partial charge is 0.338 e. The lowest BCUT2D eigenvalue weighted by Gasteiger charge is -2.20. The van der Waals surface area contributed by atoms with Crippen LogP contribution in [0.4, 0.5) is 4.79 Å². The van der Waals surface area contributed by atoms with E-state index in [-0.39, 0.29) is 6.03 Å². The molecule has 0 bridgehead atoms. The Kier molecular flexibility index (Phi) is 5.82. The van der Waals surface area contributed by atoms with Crippen LogP contribution in [0.3, 0.4) is 0 Å². The van der Waals surface area contributed by atoms with E-state index in [0.717, 1.165) is 17.9 Å². The molecule has 0 radical (unpaired) electrons. The summed E-state index contributed by atoms with van der Waals surface area (Å²) in [6, 6.07) is 4.13. The predicted octanol–water partition coefficient (Wildman–Crippen LogP) is 3.35. The smallest absolute Gasteiger partial charge is 0.317 e. The lowest BCUT2D eigenvalue weighted by molar-refractivity contribution is 0.205. The molecule has 0 saturated heterocycles. The first-order valence-corrected chi connectivity index (χ1v) is 8.77. The Morgan fingerprint density at radius 1 is 1.43 bits per heavy atom. The summed E-state index contributed by atoms with van der Waals surface area (Å²) in [6.45, 7) is 10.4. The topological polar surface area (TPSA) is 50.2 Å². The SMILES string of the molecule is Cc1cc(C)n(C[C@@H](C)CNC(=O)N(C)Cc2sccc2C)n1. The van der Waals surface area contributed by atoms with Crippen molar-refractivity contribution in [2.75, 3.05) is 13.6 Å². The minimum atomic E-state index is -0.0296. The monoisotopic (exact) mass is 334 g/mol. The second-order valence-corrected chi connectivity index (χ2v) is 7.28. The molecule has 2 aromatic heterocycles. The van der Waals surface area contributed by atoms with Gasteiger partial charge in [0.25, 0.3) is 0 Å². The molecular weight excluding hydrogens is 308 g/mol. The van der Waals surface area contributed by atoms with Crippen molar-refractivity contribution in [2.45, 2.75) is 40.8 Å². The first-order valence-electron chi connectivity index (χ1n) is 7.89. The van der Waals surface area contributed by atoms with Gasteiger partial charge in [0.1, 0.15) is 0 Å². The summed E-state index contributed by atoms with van der Waals surface area (Å²) in [5, 5.41) is 9.54. The van der Waals surface area contributed by atoms with Crippen molar-refractivity contribution in [3.05, 3.63) is 39.3 Å². The van der Waals surface area contributed by atoms with Gasteiger partial charge in [-0.2, -0.15) is 5.10 Å². The molecule has 2 heterocycles. The number of urea groups is 1. The third-order valence-corrected chi connectivity index (χ3v) is 4.89. The number of aromatic nitrogens is 2. The summed E-state index contributed by atoms with van der Waals surface area (Å²) in [5.74, 6) is 0.328. The number of nitrogens with zero attached hydrogens (tertiary/aromatic N) is 3. The van der Waals surface area contributed by atoms with Gasteiger partial charge in [-0.25, -0.2) is 4.79 Å². The Bertz CT molecular complexity index is 661. The van der Waals surface area contributed by atoms with Crippen molar-refractivity contribution in [1.29, 1.82) is 0 Å². The van der Waals surface area contributed by atoms with Crippen LogP contribution in [0.2, 0.25) is 0 Å². The van der Waals surface area contributed by atoms with Gasteiger partial charge < -0.3 is 10.2 Å². The van der Waals surface area contributed by atoms with E-state index < -0.39 is 0 Å². The van der Waals surface area contributed by atoms with Crippen LogP contribution in [-0.2, 0) is 13.1 Å². The normalized spacial score (nSPS) is 12.2. The molecule has 2 aromatic rings. The average molecular weight is 334 g/mol. The van der Waals surface area contributed by atoms with Crippen molar-refractivity contribution >= 4 is 17.4 Å². The summed E-state index contributed by atoms with van der Waals surface area (Å²) >= 11 is 1.69. The molecular formula is C17H26N4OS. The Morgan fingerprint density at radius 3 is 2.74 bits per heavy atom. The van der Waals surface area contributed by atoms with Crippen molar-refractivity contribution in [3.8, 4) is 0 Å². The lowest BCUT2D eigenvalue weighted by atomic mass is 10.2. The number of nitrogens with one attached hydrogen (secondary N) is 1. The van der Waals surface area contributed by atoms with Crippen LogP contribution < -0.4 is 5.32 Å². The van der Waals surface area contributed by atoms with Crippen molar-refractivity contribution < 1.29 is 4.79 Å². The standard InChI is InChI=1S/C17H26N4OS/c1-12(10-21-15(4)8-14(3)19-21)9-18-17(22)20(5)11-16-13(2)6-7-23-16/h6-8,12H,9-11H2,1-5H3,(H,18,22)/t12-/m0/s1. The maximum absolute atomic E-state index is 12.2. The van der Waals surface area contributed by atoms with Gasteiger partial charge in [-0.3, -0.25) is 4.68 Å². The zero-order chi connectivity index (χ0) is 17.0. The number of carbonyl (C=O) groups excluding carboxylic acids is 1. The summed E-state index contributed by atoms with van der Waals surface area (Å²) in [6.07, 6.45) is 0. The van der Waals surface area contributed by atoms with Gasteiger partial charge in [-0.1, -0.05) is 6.92 Å². The van der Waals surface area contributed by atoms with Crippen LogP contribution in [0.25, 0.3) is 0 Å². The summed E-state index contributed by atoms with van der Waals surface area (Å²) < 4.78 is 2.00. The second kappa shape index (κ2) is 7.64. The van der Waals surface area contributed by atoms with Crippen molar-refractivity contribution in [1.82, 2.24) is 20.0 Å². The van der Waals surface area contributed by atoms with E-state index in [9.17, 15) is 4.79 Å². The van der Waals surface area contributed by atoms with E-state index in [4.69, 9.17) is 0 Å². The van der Waals surface area contributed by atoms with Crippen LogP contribution in [0, 0.1) is 26.7 Å². The van der Waals surface area contributed by atoms with E-state index in [1.807, 2.05) is 18.7 Å². The molecule has 1 N–H and O–H groups in total. The molecule has 0 spiro atoms. The number of aryl methyl sites for hydroxylation is 3. The van der Waals surface area contributed by atoms with E-state index in [0.29, 0.717) is 19.0 Å². The van der Waals surface area contributed by atoms with Crippen LogP contribution in [0.5, 0.6) is 0 Å². The quantitative estimate of drug-likeness (QED) is 0.881. The molecule has 0 aromatic carbocycles. The van der Waals surface area contributed by atoms with E-state index in [1.165, 1.54) is 10.4 Å². The number of rotatable bonds is 6. The second-order valence-electron chi connectivity index (χ2n) is 6.28. The molecule has 0 aliphatic carbocycles. The first-order chi connectivity index (χ1) is 10.9. The molecule has 0 unspecified atom stereocenters. The maximum atomic E-state index is 12.2. The van der Waals surface area contributed by atoms with E-state index in [2.05, 4.69) is 48.7 Å². The molecule has 126 valence electrons. The molecule has 0 saturated carbocycles. The highest BCUT2D eigenvalue weighted by Crippen LogP contribution is 2.17. The van der Waals surface area contributed by atoms with E-state index >= 15 is 0 Å². The molecule has 6 heteroatoms. The molecule has 2 amide bonds. The predicted molar refractivity (Wildman–Crippen MR) is 94.8 cm³/mol. The fourth-order valence-electron chi connectivity index (χ4n) is 2.47. The summed E-state index contributed by atoms with van der Waals surface area (Å²) in [7, 11) is 1.83. The Balaban J connectivity index is 1.79. The number of hydrogen-bond acceptors (Lipinski definition) is 3. The van der Waals surface area contributed by atoms with Gasteiger partial charge in [-0.15, -0.1) is 11.3 Å². The number of thiophene rings is 1. The third-order valence-electron chi connectivity index (χ3n) is 3.89. The van der Waals surface area contributed by atoms with Gasteiger partial charge in [0.05, 0.1) is 12.2 Å². The van der Waals surface area contributed by atoms with Crippen LogP contribution >= 0.6 is 11.3 Å². The highest BCUT2D eigenvalue weighted by molar-refractivity contribution is 7.10. The van der Waals surface area contributed by atoms with Gasteiger partial charge in [0.2, 0.25) is 0 Å². The molecule has 0 aliphatic rings. The van der Waals surface area contributed by atoms with Crippen LogP contribution in [0.1, 0.15) is 28.8 Å². The van der Waals surface area contributed by atoms with Crippen LogP contribution in [0.15, 0.2) is 17.5 Å². The summed E-state index contributed by atoms with van der Waals surface area (Å²) in [4.78, 5) is 15.2. The minimum absolute atomic E-state index is 0.0296. The Morgan fingerprint density at radius 2 is 2.17 bits per heavy atom. The molecule has 5 nitrogen and oxygen atoms in total. The zero-order valence-corrected chi connectivity index (χ0v) is 15.4. The minimum Gasteiger partial charge on any atom is -0.338 e. The molecule has 23 heavy (non-hydrogen) atoms. The van der Waals surface area contributed by atoms with Crippen molar-refractivity contribution in [3.63, 3.8) is 0 Å². The fraction of sp³-hybridized carbons (Fsp3) is 0.529. The van der Waals surface area contributed by atoms with Gasteiger partial charge in [-0.05, 0) is 49.8 Å². The van der Waals surface area contributed by atoms with E-state index in [1.54, 1.807) is 16.2 Å². The highest BCUT2D eigenvalue weighted by atomic mass is 32.1. The lowest BCUT2D eigenvalue weighted by Crippen LogP contribution is -2.39. The highest BCUT2D eigenvalue weighted by Gasteiger charge is 2.13. The first kappa shape index (κ1) is 17.5. The Hall–Kier alpha value is -1.82. The maximum Gasteiger partial charge on any atom is 0.317 e. The van der Waals surface area contributed by atoms with Gasteiger partial charge >= 0.3 is 6.03 Å². The average Bonchev–Trinajstić information content (AvgIpc) is 3.02. The number of amides is 2. The van der Waals surface area contributed by atoms with Gasteiger partial charge in [0, 0.05) is 30.7 Å². The molecule has 0 aliphatic heterocycles. The van der Waals surface area contributed by atoms with Gasteiger partial charge in [0.15, 0.2) is 0 Å². The molecule has 2 rings (SSSR count). The summed E-state index contributed by atoms with van der Waals surface area (Å²) in [5.41, 5.74) is 3.43. The Labute approximate surface area is 142 Å². The number of carbonyl (C=O) groups is 1. The molecule has 0 fully saturated rings. The zero-order valence-electron chi connectivity index (χ0n) is 14.6. The third kappa shape index (κ3) is 4.82. The van der Waals surface area contributed by atoms with Crippen LogP contribution in [-0.4, -0.2) is 34.3 Å². The van der Waals surface area contributed by atoms with Crippen molar-refractivity contribution in [2.24, 2.45) is 5.92 Å². The molecule has 1 atom stereocenters. The fourth-order valence-corrected chi connectivity index (χ4v) is 3.43.